The van der Waals surface area contributed by atoms with E-state index in [0.29, 0.717) is 5.52 Å². The lowest BCUT2D eigenvalue weighted by atomic mass is 9.77. The Labute approximate surface area is 213 Å². The number of para-hydroxylation sites is 1. The van der Waals surface area contributed by atoms with Crippen molar-refractivity contribution >= 4 is 28.6 Å². The largest absolute Gasteiger partial charge is 0.478 e. The third-order valence-electron chi connectivity index (χ3n) is 6.55. The smallest absolute Gasteiger partial charge is 0.422 e. The third kappa shape index (κ3) is 4.36. The van der Waals surface area contributed by atoms with Crippen LogP contribution >= 0.6 is 11.6 Å². The number of halogens is 4. The summed E-state index contributed by atoms with van der Waals surface area (Å²) in [5, 5.41) is 20.4. The Balaban J connectivity index is 1.77. The highest BCUT2D eigenvalue weighted by Crippen LogP contribution is 2.50. The van der Waals surface area contributed by atoms with Crippen LogP contribution in [-0.2, 0) is 19.7 Å². The van der Waals surface area contributed by atoms with Gasteiger partial charge in [-0.15, -0.1) is 0 Å². The van der Waals surface area contributed by atoms with Crippen molar-refractivity contribution < 1.29 is 32.9 Å². The normalized spacial score (nSPS) is 14.4. The maximum atomic E-state index is 14.5. The van der Waals surface area contributed by atoms with Crippen molar-refractivity contribution in [2.75, 3.05) is 0 Å². The second kappa shape index (κ2) is 9.28. The van der Waals surface area contributed by atoms with Crippen LogP contribution < -0.4 is 10.4 Å². The van der Waals surface area contributed by atoms with Gasteiger partial charge in [0.15, 0.2) is 5.60 Å². The molecule has 4 aromatic rings. The number of alkyl halides is 3. The lowest BCUT2D eigenvalue weighted by Gasteiger charge is -2.37. The molecule has 0 unspecified atom stereocenters. The first-order chi connectivity index (χ1) is 17.3. The van der Waals surface area contributed by atoms with Gasteiger partial charge in [0, 0.05) is 25.0 Å². The Hall–Kier alpha value is -3.76. The Bertz CT molecular complexity index is 1580. The van der Waals surface area contributed by atoms with Crippen molar-refractivity contribution in [3.05, 3.63) is 92.9 Å². The van der Waals surface area contributed by atoms with Crippen molar-refractivity contribution in [2.45, 2.75) is 24.6 Å². The quantitative estimate of drug-likeness (QED) is 0.337. The first kappa shape index (κ1) is 26.3. The second-order valence-corrected chi connectivity index (χ2v) is 9.08. The molecule has 2 N–H and O–H groups in total. The number of imidazole rings is 1. The number of hydrogen-bond donors (Lipinski definition) is 2. The van der Waals surface area contributed by atoms with E-state index >= 15 is 0 Å². The molecule has 0 amide bonds. The van der Waals surface area contributed by atoms with E-state index in [9.17, 15) is 33.0 Å². The molecule has 11 heteroatoms. The average molecular weight is 535 g/mol. The lowest BCUT2D eigenvalue weighted by Crippen LogP contribution is -2.46. The number of aryl methyl sites for hydroxylation is 2. The highest BCUT2D eigenvalue weighted by atomic mass is 35.5. The number of nitrogens with zero attached hydrogens (tertiary/aromatic N) is 2. The molecule has 0 saturated carbocycles. The summed E-state index contributed by atoms with van der Waals surface area (Å²) in [4.78, 5) is 23.7. The molecule has 0 fully saturated rings. The number of hydrogen-bond acceptors (Lipinski definition) is 4. The molecule has 0 bridgehead atoms. The van der Waals surface area contributed by atoms with Crippen LogP contribution in [0.25, 0.3) is 11.0 Å². The molecule has 194 valence electrons. The zero-order valence-electron chi connectivity index (χ0n) is 19.9. The van der Waals surface area contributed by atoms with Crippen molar-refractivity contribution in [3.63, 3.8) is 0 Å². The predicted octanol–water partition coefficient (Wildman–Crippen LogP) is 5.57. The minimum Gasteiger partial charge on any atom is -0.478 e. The maximum absolute atomic E-state index is 14.5. The molecule has 0 saturated heterocycles. The van der Waals surface area contributed by atoms with E-state index in [2.05, 4.69) is 0 Å². The van der Waals surface area contributed by atoms with Gasteiger partial charge in [0.05, 0.1) is 11.0 Å². The molecule has 3 aromatic carbocycles. The predicted molar refractivity (Wildman–Crippen MR) is 131 cm³/mol. The summed E-state index contributed by atoms with van der Waals surface area (Å²) in [5.41, 5.74) is -3.70. The fraction of sp³-hybridized carbons (Fsp3) is 0.231. The van der Waals surface area contributed by atoms with E-state index in [1.54, 1.807) is 6.07 Å². The molecule has 37 heavy (non-hydrogen) atoms. The summed E-state index contributed by atoms with van der Waals surface area (Å²) in [6.07, 6.45) is -5.10. The Morgan fingerprint density at radius 2 is 1.65 bits per heavy atom. The van der Waals surface area contributed by atoms with Crippen LogP contribution in [0, 0.1) is 0 Å². The number of aliphatic hydroxyl groups is 1. The van der Waals surface area contributed by atoms with Gasteiger partial charge >= 0.3 is 17.8 Å². The number of benzene rings is 3. The molecule has 7 nitrogen and oxygen atoms in total. The van der Waals surface area contributed by atoms with Gasteiger partial charge in [-0.05, 0) is 47.5 Å². The fourth-order valence-electron chi connectivity index (χ4n) is 4.41. The van der Waals surface area contributed by atoms with E-state index in [4.69, 9.17) is 16.3 Å². The van der Waals surface area contributed by atoms with Crippen LogP contribution in [0.5, 0.6) is 11.5 Å². The van der Waals surface area contributed by atoms with Crippen LogP contribution in [0.2, 0.25) is 5.02 Å². The summed E-state index contributed by atoms with van der Waals surface area (Å²) < 4.78 is 51.6. The highest BCUT2D eigenvalue weighted by molar-refractivity contribution is 6.31. The van der Waals surface area contributed by atoms with Crippen LogP contribution in [0.15, 0.2) is 65.5 Å². The summed E-state index contributed by atoms with van der Waals surface area (Å²) in [7, 11) is 2.93. The molecule has 0 aliphatic rings. The fourth-order valence-corrected chi connectivity index (χ4v) is 4.74. The molecule has 1 heterocycles. The van der Waals surface area contributed by atoms with Gasteiger partial charge in [0.25, 0.3) is 0 Å². The van der Waals surface area contributed by atoms with Crippen molar-refractivity contribution in [1.82, 2.24) is 9.13 Å². The molecule has 0 radical (unpaired) electrons. The molecular weight excluding hydrogens is 513 g/mol. The van der Waals surface area contributed by atoms with Gasteiger partial charge in [0.2, 0.25) is 0 Å². The minimum absolute atomic E-state index is 0.0117. The van der Waals surface area contributed by atoms with Gasteiger partial charge in [-0.25, -0.2) is 9.59 Å². The first-order valence-electron chi connectivity index (χ1n) is 11.0. The number of ether oxygens (including phenoxy) is 1. The van der Waals surface area contributed by atoms with E-state index in [1.165, 1.54) is 72.6 Å². The second-order valence-electron chi connectivity index (χ2n) is 8.68. The summed E-state index contributed by atoms with van der Waals surface area (Å²) >= 11 is 6.36. The molecule has 2 atom stereocenters. The average Bonchev–Trinajstić information content (AvgIpc) is 3.06. The van der Waals surface area contributed by atoms with Crippen LogP contribution in [0.1, 0.15) is 34.3 Å². The Morgan fingerprint density at radius 3 is 2.27 bits per heavy atom. The summed E-state index contributed by atoms with van der Waals surface area (Å²) in [6.45, 7) is 1.20. The van der Waals surface area contributed by atoms with E-state index in [1.807, 2.05) is 0 Å². The standard InChI is InChI=1S/C26H22ClF3N2O5/c1-14(17-10-9-16(13-19(17)27)37-22-7-5-4-6-18(22)23(33)34)25(36,26(28,29)30)15-8-11-20-21(12-15)32(3)24(35)31(20)2/h4-14,36H,1-3H3,(H,33,34)/t14-,25-/m1/s1. The topological polar surface area (TPSA) is 93.7 Å². The van der Waals surface area contributed by atoms with Gasteiger partial charge in [0.1, 0.15) is 17.1 Å². The number of carbonyl (C=O) groups is 1. The van der Waals surface area contributed by atoms with E-state index < -0.39 is 34.9 Å². The highest BCUT2D eigenvalue weighted by Gasteiger charge is 2.59. The van der Waals surface area contributed by atoms with Gasteiger partial charge in [-0.2, -0.15) is 13.2 Å². The van der Waals surface area contributed by atoms with E-state index in [0.717, 1.165) is 12.1 Å². The lowest BCUT2D eigenvalue weighted by molar-refractivity contribution is -0.274. The zero-order valence-corrected chi connectivity index (χ0v) is 20.6. The molecule has 0 spiro atoms. The van der Waals surface area contributed by atoms with Crippen LogP contribution in [0.4, 0.5) is 13.2 Å². The van der Waals surface area contributed by atoms with Crippen LogP contribution in [0.3, 0.4) is 0 Å². The summed E-state index contributed by atoms with van der Waals surface area (Å²) in [6, 6.07) is 13.4. The van der Waals surface area contributed by atoms with E-state index in [-0.39, 0.29) is 33.2 Å². The SMILES string of the molecule is C[C@H](c1ccc(Oc2ccccc2C(=O)O)cc1Cl)[C@@](O)(c1ccc2c(c1)n(C)c(=O)n2C)C(F)(F)F. The van der Waals surface area contributed by atoms with Gasteiger partial charge in [-0.1, -0.05) is 42.8 Å². The van der Waals surface area contributed by atoms with Crippen molar-refractivity contribution in [1.29, 1.82) is 0 Å². The number of aromatic carboxylic acids is 1. The monoisotopic (exact) mass is 534 g/mol. The van der Waals surface area contributed by atoms with Crippen molar-refractivity contribution in [2.24, 2.45) is 14.1 Å². The maximum Gasteiger partial charge on any atom is 0.422 e. The summed E-state index contributed by atoms with van der Waals surface area (Å²) in [5.74, 6) is -2.65. The third-order valence-corrected chi connectivity index (χ3v) is 6.88. The first-order valence-corrected chi connectivity index (χ1v) is 11.4. The molecule has 1 aromatic heterocycles. The minimum atomic E-state index is -5.10. The molecule has 0 aliphatic carbocycles. The van der Waals surface area contributed by atoms with Crippen molar-refractivity contribution in [3.8, 4) is 11.5 Å². The number of carboxylic acid groups (broad SMARTS) is 1. The molecule has 4 rings (SSSR count). The van der Waals surface area contributed by atoms with Crippen LogP contribution in [-0.4, -0.2) is 31.5 Å². The molecule has 0 aliphatic heterocycles. The number of rotatable bonds is 6. The number of aromatic nitrogens is 2. The van der Waals surface area contributed by atoms with Gasteiger partial charge < -0.3 is 14.9 Å². The Kier molecular flexibility index (Phi) is 6.60. The Morgan fingerprint density at radius 1 is 1.00 bits per heavy atom. The van der Waals surface area contributed by atoms with Gasteiger partial charge in [-0.3, -0.25) is 9.13 Å². The zero-order chi connectivity index (χ0) is 27.3. The molecular formula is C26H22ClF3N2O5. The number of fused-ring (bicyclic) bond motifs is 1. The number of carboxylic acids is 1.